The van der Waals surface area contributed by atoms with E-state index in [1.165, 1.54) is 17.6 Å². The smallest absolute Gasteiger partial charge is 0.332 e. The SMILES string of the molecule is O=C(NC1CN2CC[C@H]1C2)n1cc(I)cn1. The fraction of sp³-hybridized carbons (Fsp3) is 0.600. The van der Waals surface area contributed by atoms with Crippen LogP contribution in [-0.4, -0.2) is 46.4 Å². The van der Waals surface area contributed by atoms with Gasteiger partial charge in [-0.25, -0.2) is 4.79 Å². The maximum atomic E-state index is 11.9. The number of amides is 1. The molecule has 3 heterocycles. The molecule has 3 atom stereocenters. The lowest BCUT2D eigenvalue weighted by Crippen LogP contribution is -2.45. The van der Waals surface area contributed by atoms with Crippen molar-refractivity contribution in [1.82, 2.24) is 20.0 Å². The first-order valence-electron chi connectivity index (χ1n) is 5.46. The van der Waals surface area contributed by atoms with Gasteiger partial charge in [0, 0.05) is 25.3 Å². The molecular weight excluding hydrogens is 319 g/mol. The third kappa shape index (κ3) is 1.84. The molecule has 3 rings (SSSR count). The Morgan fingerprint density at radius 3 is 3.00 bits per heavy atom. The van der Waals surface area contributed by atoms with Gasteiger partial charge >= 0.3 is 6.03 Å². The van der Waals surface area contributed by atoms with E-state index in [4.69, 9.17) is 0 Å². The van der Waals surface area contributed by atoms with Crippen molar-refractivity contribution >= 4 is 28.6 Å². The number of piperidine rings is 1. The molecule has 2 unspecified atom stereocenters. The summed E-state index contributed by atoms with van der Waals surface area (Å²) < 4.78 is 2.35. The number of aromatic nitrogens is 2. The van der Waals surface area contributed by atoms with E-state index in [1.807, 2.05) is 0 Å². The van der Waals surface area contributed by atoms with Gasteiger partial charge in [-0.3, -0.25) is 0 Å². The Kier molecular flexibility index (Phi) is 2.62. The van der Waals surface area contributed by atoms with Gasteiger partial charge in [-0.1, -0.05) is 0 Å². The maximum absolute atomic E-state index is 11.9. The Morgan fingerprint density at radius 2 is 2.44 bits per heavy atom. The zero-order valence-electron chi connectivity index (χ0n) is 8.77. The summed E-state index contributed by atoms with van der Waals surface area (Å²) in [6, 6.07) is 0.199. The fourth-order valence-electron chi connectivity index (χ4n) is 2.58. The zero-order chi connectivity index (χ0) is 11.1. The van der Waals surface area contributed by atoms with E-state index >= 15 is 0 Å². The quantitative estimate of drug-likeness (QED) is 0.772. The van der Waals surface area contributed by atoms with Crippen LogP contribution in [0.3, 0.4) is 0 Å². The van der Waals surface area contributed by atoms with Gasteiger partial charge < -0.3 is 10.2 Å². The molecule has 1 N–H and O–H groups in total. The van der Waals surface area contributed by atoms with Crippen LogP contribution < -0.4 is 5.32 Å². The standard InChI is InChI=1S/C10H13IN4O/c11-8-3-12-15(5-8)10(16)13-9-6-14-2-1-7(9)4-14/h3,5,7,9H,1-2,4,6H2,(H,13,16)/t7-,9?/m0/s1. The molecular formula is C10H13IN4O. The van der Waals surface area contributed by atoms with E-state index in [-0.39, 0.29) is 6.03 Å². The van der Waals surface area contributed by atoms with Crippen LogP contribution in [0.5, 0.6) is 0 Å². The maximum Gasteiger partial charge on any atom is 0.342 e. The Balaban J connectivity index is 1.65. The summed E-state index contributed by atoms with van der Waals surface area (Å²) in [4.78, 5) is 14.3. The summed E-state index contributed by atoms with van der Waals surface area (Å²) in [5, 5.41) is 7.06. The van der Waals surface area contributed by atoms with Crippen molar-refractivity contribution in [3.63, 3.8) is 0 Å². The number of carbonyl (C=O) groups is 1. The van der Waals surface area contributed by atoms with Crippen LogP contribution in [0.2, 0.25) is 0 Å². The van der Waals surface area contributed by atoms with Crippen LogP contribution in [0.15, 0.2) is 12.4 Å². The minimum Gasteiger partial charge on any atom is -0.332 e. The highest BCUT2D eigenvalue weighted by molar-refractivity contribution is 14.1. The third-order valence-electron chi connectivity index (χ3n) is 3.40. The number of nitrogens with zero attached hydrogens (tertiary/aromatic N) is 3. The van der Waals surface area contributed by atoms with Crippen molar-refractivity contribution in [3.05, 3.63) is 16.0 Å². The molecule has 2 aliphatic rings. The highest BCUT2D eigenvalue weighted by Crippen LogP contribution is 2.27. The summed E-state index contributed by atoms with van der Waals surface area (Å²) in [7, 11) is 0. The molecule has 2 aliphatic heterocycles. The summed E-state index contributed by atoms with van der Waals surface area (Å²) in [5.74, 6) is 0.638. The second-order valence-corrected chi connectivity index (χ2v) is 5.71. The molecule has 0 radical (unpaired) electrons. The first kappa shape index (κ1) is 10.5. The lowest BCUT2D eigenvalue weighted by Gasteiger charge is -2.22. The molecule has 86 valence electrons. The van der Waals surface area contributed by atoms with Gasteiger partial charge in [0.05, 0.1) is 9.77 Å². The van der Waals surface area contributed by atoms with Crippen LogP contribution >= 0.6 is 22.6 Å². The normalized spacial score (nSPS) is 31.9. The molecule has 1 amide bonds. The summed E-state index contributed by atoms with van der Waals surface area (Å²) in [6.07, 6.45) is 4.63. The predicted octanol–water partition coefficient (Wildman–Crippen LogP) is 0.749. The minimum absolute atomic E-state index is 0.110. The lowest BCUT2D eigenvalue weighted by molar-refractivity contribution is 0.228. The summed E-state index contributed by atoms with van der Waals surface area (Å²) >= 11 is 2.15. The molecule has 2 fully saturated rings. The van der Waals surface area contributed by atoms with Gasteiger partial charge in [-0.15, -0.1) is 0 Å². The van der Waals surface area contributed by atoms with Crippen LogP contribution in [0, 0.1) is 9.49 Å². The topological polar surface area (TPSA) is 50.2 Å². The first-order chi connectivity index (χ1) is 7.72. The second kappa shape index (κ2) is 3.99. The first-order valence-corrected chi connectivity index (χ1v) is 6.53. The molecule has 6 heteroatoms. The number of rotatable bonds is 1. The Labute approximate surface area is 107 Å². The van der Waals surface area contributed by atoms with E-state index in [2.05, 4.69) is 37.9 Å². The highest BCUT2D eigenvalue weighted by atomic mass is 127. The summed E-state index contributed by atoms with van der Waals surface area (Å²) in [6.45, 7) is 3.33. The van der Waals surface area contributed by atoms with Gasteiger partial charge in [-0.05, 0) is 41.5 Å². The average molecular weight is 332 g/mol. The predicted molar refractivity (Wildman–Crippen MR) is 67.2 cm³/mol. The molecule has 16 heavy (non-hydrogen) atoms. The van der Waals surface area contributed by atoms with Gasteiger partial charge in [0.15, 0.2) is 0 Å². The van der Waals surface area contributed by atoms with Crippen LogP contribution in [0.1, 0.15) is 6.42 Å². The third-order valence-corrected chi connectivity index (χ3v) is 3.96. The Bertz CT molecular complexity index is 419. The van der Waals surface area contributed by atoms with Gasteiger partial charge in [0.2, 0.25) is 0 Å². The number of fused-ring (bicyclic) bond motifs is 2. The molecule has 0 saturated carbocycles. The molecule has 2 saturated heterocycles. The van der Waals surface area contributed by atoms with E-state index in [9.17, 15) is 4.79 Å². The number of hydrogen-bond acceptors (Lipinski definition) is 3. The lowest BCUT2D eigenvalue weighted by atomic mass is 10.0. The van der Waals surface area contributed by atoms with Crippen molar-refractivity contribution in [1.29, 1.82) is 0 Å². The second-order valence-electron chi connectivity index (χ2n) is 4.47. The van der Waals surface area contributed by atoms with Gasteiger partial charge in [-0.2, -0.15) is 9.78 Å². The Morgan fingerprint density at radius 1 is 1.56 bits per heavy atom. The van der Waals surface area contributed by atoms with Crippen molar-refractivity contribution in [3.8, 4) is 0 Å². The molecule has 0 aromatic carbocycles. The van der Waals surface area contributed by atoms with Crippen molar-refractivity contribution in [2.24, 2.45) is 5.92 Å². The van der Waals surface area contributed by atoms with Crippen LogP contribution in [0.25, 0.3) is 0 Å². The number of nitrogens with one attached hydrogen (secondary N) is 1. The zero-order valence-corrected chi connectivity index (χ0v) is 10.9. The Hall–Kier alpha value is -0.630. The minimum atomic E-state index is -0.110. The van der Waals surface area contributed by atoms with Crippen molar-refractivity contribution < 1.29 is 4.79 Å². The molecule has 0 spiro atoms. The average Bonchev–Trinajstić information content (AvgIpc) is 2.92. The largest absolute Gasteiger partial charge is 0.342 e. The van der Waals surface area contributed by atoms with Crippen LogP contribution in [-0.2, 0) is 0 Å². The van der Waals surface area contributed by atoms with E-state index in [0.29, 0.717) is 12.0 Å². The fourth-order valence-corrected chi connectivity index (χ4v) is 2.97. The molecule has 2 bridgehead atoms. The highest BCUT2D eigenvalue weighted by Gasteiger charge is 2.38. The van der Waals surface area contributed by atoms with E-state index < -0.39 is 0 Å². The molecule has 1 aromatic rings. The van der Waals surface area contributed by atoms with Crippen molar-refractivity contribution in [2.45, 2.75) is 12.5 Å². The number of carbonyl (C=O) groups excluding carboxylic acids is 1. The van der Waals surface area contributed by atoms with Gasteiger partial charge in [0.1, 0.15) is 0 Å². The van der Waals surface area contributed by atoms with E-state index in [0.717, 1.165) is 16.7 Å². The molecule has 0 aliphatic carbocycles. The van der Waals surface area contributed by atoms with E-state index in [1.54, 1.807) is 12.4 Å². The monoisotopic (exact) mass is 332 g/mol. The molecule has 5 nitrogen and oxygen atoms in total. The number of halogens is 1. The summed E-state index contributed by atoms with van der Waals surface area (Å²) in [5.41, 5.74) is 0. The van der Waals surface area contributed by atoms with Crippen molar-refractivity contribution in [2.75, 3.05) is 19.6 Å². The number of hydrogen-bond donors (Lipinski definition) is 1. The van der Waals surface area contributed by atoms with Crippen LogP contribution in [0.4, 0.5) is 4.79 Å². The molecule has 1 aromatic heterocycles. The van der Waals surface area contributed by atoms with Gasteiger partial charge in [0.25, 0.3) is 0 Å².